The van der Waals surface area contributed by atoms with Crippen molar-refractivity contribution in [3.63, 3.8) is 0 Å². The van der Waals surface area contributed by atoms with Gasteiger partial charge in [0.15, 0.2) is 0 Å². The number of anilines is 3. The summed E-state index contributed by atoms with van der Waals surface area (Å²) >= 11 is 0. The normalized spacial score (nSPS) is 10.7. The molecule has 0 amide bonds. The Morgan fingerprint density at radius 1 is 1.22 bits per heavy atom. The maximum Gasteiger partial charge on any atom is 0.0884 e. The van der Waals surface area contributed by atoms with Crippen LogP contribution < -0.4 is 10.6 Å². The second-order valence-corrected chi connectivity index (χ2v) is 4.59. The molecular weight excluding hydrogens is 226 g/mol. The van der Waals surface area contributed by atoms with Gasteiger partial charge in [-0.25, -0.2) is 0 Å². The molecule has 0 unspecified atom stereocenters. The topological polar surface area (TPSA) is 54.8 Å². The van der Waals surface area contributed by atoms with Crippen LogP contribution in [0.25, 0.3) is 0 Å². The van der Waals surface area contributed by atoms with Gasteiger partial charge >= 0.3 is 0 Å². The first-order valence-corrected chi connectivity index (χ1v) is 6.03. The van der Waals surface area contributed by atoms with E-state index in [2.05, 4.69) is 34.6 Å². The number of aryl methyl sites for hydroxylation is 1. The molecule has 0 saturated heterocycles. The van der Waals surface area contributed by atoms with Gasteiger partial charge in [-0.15, -0.1) is 0 Å². The first-order chi connectivity index (χ1) is 8.60. The maximum absolute atomic E-state index is 4.47. The van der Waals surface area contributed by atoms with Crippen molar-refractivity contribution in [2.75, 3.05) is 17.7 Å². The lowest BCUT2D eigenvalue weighted by atomic mass is 10.1. The van der Waals surface area contributed by atoms with Crippen LogP contribution in [0, 0.1) is 0 Å². The third kappa shape index (κ3) is 2.61. The van der Waals surface area contributed by atoms with Gasteiger partial charge in [-0.3, -0.25) is 9.67 Å². The van der Waals surface area contributed by atoms with Crippen molar-refractivity contribution >= 4 is 17.1 Å². The Kier molecular flexibility index (Phi) is 3.50. The minimum absolute atomic E-state index is 0.383. The second kappa shape index (κ2) is 5.08. The molecule has 2 heterocycles. The monoisotopic (exact) mass is 245 g/mol. The molecule has 0 aromatic carbocycles. The fraction of sp³-hybridized carbons (Fsp3) is 0.385. The molecule has 2 aromatic heterocycles. The van der Waals surface area contributed by atoms with Crippen molar-refractivity contribution in [3.05, 3.63) is 30.4 Å². The maximum atomic E-state index is 4.47. The lowest BCUT2D eigenvalue weighted by Crippen LogP contribution is -1.98. The number of aromatic nitrogens is 3. The quantitative estimate of drug-likeness (QED) is 0.869. The fourth-order valence-electron chi connectivity index (χ4n) is 1.83. The standard InChI is InChI=1S/C13H19N5/c1-9(2)13-12(8-18(4)17-13)16-11-5-10(14-3)6-15-7-11/h5-9,14,16H,1-4H3. The summed E-state index contributed by atoms with van der Waals surface area (Å²) in [5.41, 5.74) is 4.03. The van der Waals surface area contributed by atoms with Crippen LogP contribution in [0.15, 0.2) is 24.7 Å². The summed E-state index contributed by atoms with van der Waals surface area (Å²) in [5, 5.41) is 10.9. The van der Waals surface area contributed by atoms with E-state index in [9.17, 15) is 0 Å². The molecule has 0 aliphatic heterocycles. The molecule has 2 aromatic rings. The van der Waals surface area contributed by atoms with Crippen LogP contribution in [-0.4, -0.2) is 21.8 Å². The Bertz CT molecular complexity index is 530. The number of rotatable bonds is 4. The van der Waals surface area contributed by atoms with E-state index in [-0.39, 0.29) is 0 Å². The molecule has 0 fully saturated rings. The van der Waals surface area contributed by atoms with E-state index < -0.39 is 0 Å². The second-order valence-electron chi connectivity index (χ2n) is 4.59. The van der Waals surface area contributed by atoms with Gasteiger partial charge in [0.1, 0.15) is 0 Å². The van der Waals surface area contributed by atoms with Gasteiger partial charge in [0.25, 0.3) is 0 Å². The van der Waals surface area contributed by atoms with E-state index in [0.717, 1.165) is 22.8 Å². The zero-order valence-electron chi connectivity index (χ0n) is 11.2. The summed E-state index contributed by atoms with van der Waals surface area (Å²) < 4.78 is 1.83. The van der Waals surface area contributed by atoms with Gasteiger partial charge in [0.2, 0.25) is 0 Å². The summed E-state index contributed by atoms with van der Waals surface area (Å²) in [6, 6.07) is 2.02. The zero-order chi connectivity index (χ0) is 13.1. The van der Waals surface area contributed by atoms with Crippen LogP contribution in [0.4, 0.5) is 17.1 Å². The molecule has 2 rings (SSSR count). The molecule has 5 nitrogen and oxygen atoms in total. The van der Waals surface area contributed by atoms with Crippen LogP contribution >= 0.6 is 0 Å². The molecule has 18 heavy (non-hydrogen) atoms. The summed E-state index contributed by atoms with van der Waals surface area (Å²) in [5.74, 6) is 0.383. The van der Waals surface area contributed by atoms with Crippen molar-refractivity contribution in [1.29, 1.82) is 0 Å². The summed E-state index contributed by atoms with van der Waals surface area (Å²) in [7, 11) is 3.81. The number of nitrogens with one attached hydrogen (secondary N) is 2. The van der Waals surface area contributed by atoms with Gasteiger partial charge < -0.3 is 10.6 Å². The molecule has 0 aliphatic rings. The van der Waals surface area contributed by atoms with Crippen LogP contribution in [-0.2, 0) is 7.05 Å². The predicted molar refractivity (Wildman–Crippen MR) is 74.4 cm³/mol. The van der Waals surface area contributed by atoms with Gasteiger partial charge in [-0.1, -0.05) is 13.8 Å². The molecular formula is C13H19N5. The Balaban J connectivity index is 2.27. The summed E-state index contributed by atoms with van der Waals surface area (Å²) in [4.78, 5) is 4.18. The van der Waals surface area contributed by atoms with E-state index in [4.69, 9.17) is 0 Å². The van der Waals surface area contributed by atoms with E-state index in [1.165, 1.54) is 0 Å². The van der Waals surface area contributed by atoms with E-state index >= 15 is 0 Å². The average Bonchev–Trinajstić information content (AvgIpc) is 2.70. The Morgan fingerprint density at radius 2 is 1.94 bits per heavy atom. The number of hydrogen-bond donors (Lipinski definition) is 2. The molecule has 0 aliphatic carbocycles. The first-order valence-electron chi connectivity index (χ1n) is 6.03. The molecule has 0 spiro atoms. The Labute approximate surface area is 107 Å². The van der Waals surface area contributed by atoms with Crippen LogP contribution in [0.3, 0.4) is 0 Å². The minimum Gasteiger partial charge on any atom is -0.387 e. The van der Waals surface area contributed by atoms with Crippen LogP contribution in [0.1, 0.15) is 25.5 Å². The third-order valence-electron chi connectivity index (χ3n) is 2.71. The highest BCUT2D eigenvalue weighted by molar-refractivity contribution is 5.64. The highest BCUT2D eigenvalue weighted by Gasteiger charge is 2.11. The molecule has 0 radical (unpaired) electrons. The molecule has 0 saturated carbocycles. The molecule has 2 N–H and O–H groups in total. The molecule has 0 atom stereocenters. The SMILES string of the molecule is CNc1cncc(Nc2cn(C)nc2C(C)C)c1. The van der Waals surface area contributed by atoms with Crippen LogP contribution in [0.2, 0.25) is 0 Å². The largest absolute Gasteiger partial charge is 0.387 e. The minimum atomic E-state index is 0.383. The van der Waals surface area contributed by atoms with Crippen molar-refractivity contribution in [2.24, 2.45) is 7.05 Å². The van der Waals surface area contributed by atoms with Crippen LogP contribution in [0.5, 0.6) is 0 Å². The Hall–Kier alpha value is -2.04. The van der Waals surface area contributed by atoms with Crippen molar-refractivity contribution < 1.29 is 0 Å². The molecule has 5 heteroatoms. The molecule has 96 valence electrons. The Morgan fingerprint density at radius 3 is 2.61 bits per heavy atom. The highest BCUT2D eigenvalue weighted by atomic mass is 15.3. The average molecular weight is 245 g/mol. The van der Waals surface area contributed by atoms with Crippen molar-refractivity contribution in [3.8, 4) is 0 Å². The fourth-order valence-corrected chi connectivity index (χ4v) is 1.83. The zero-order valence-corrected chi connectivity index (χ0v) is 11.2. The van der Waals surface area contributed by atoms with Gasteiger partial charge in [-0.2, -0.15) is 5.10 Å². The highest BCUT2D eigenvalue weighted by Crippen LogP contribution is 2.26. The van der Waals surface area contributed by atoms with Gasteiger partial charge in [-0.05, 0) is 12.0 Å². The van der Waals surface area contributed by atoms with E-state index in [1.807, 2.05) is 31.0 Å². The van der Waals surface area contributed by atoms with E-state index in [1.54, 1.807) is 12.4 Å². The smallest absolute Gasteiger partial charge is 0.0884 e. The summed E-state index contributed by atoms with van der Waals surface area (Å²) in [6.07, 6.45) is 5.58. The predicted octanol–water partition coefficient (Wildman–Crippen LogP) is 2.72. The van der Waals surface area contributed by atoms with Crippen molar-refractivity contribution in [1.82, 2.24) is 14.8 Å². The number of pyridine rings is 1. The van der Waals surface area contributed by atoms with Gasteiger partial charge in [0.05, 0.1) is 35.1 Å². The van der Waals surface area contributed by atoms with Crippen molar-refractivity contribution in [2.45, 2.75) is 19.8 Å². The lowest BCUT2D eigenvalue weighted by Gasteiger charge is -2.09. The molecule has 0 bridgehead atoms. The lowest BCUT2D eigenvalue weighted by molar-refractivity contribution is 0.713. The number of hydrogen-bond acceptors (Lipinski definition) is 4. The summed E-state index contributed by atoms with van der Waals surface area (Å²) in [6.45, 7) is 4.27. The van der Waals surface area contributed by atoms with E-state index in [0.29, 0.717) is 5.92 Å². The number of nitrogens with zero attached hydrogens (tertiary/aromatic N) is 3. The first kappa shape index (κ1) is 12.4. The van der Waals surface area contributed by atoms with Gasteiger partial charge in [0, 0.05) is 20.3 Å². The third-order valence-corrected chi connectivity index (χ3v) is 2.71.